The lowest BCUT2D eigenvalue weighted by molar-refractivity contribution is -0.157. The molecular formula is C25H32Cl2N2O2. The van der Waals surface area contributed by atoms with Gasteiger partial charge in [-0.3, -0.25) is 10.1 Å². The van der Waals surface area contributed by atoms with Gasteiger partial charge in [0.2, 0.25) is 0 Å². The molecule has 0 unspecified atom stereocenters. The quantitative estimate of drug-likeness (QED) is 0.562. The van der Waals surface area contributed by atoms with E-state index in [1.165, 1.54) is 0 Å². The number of rotatable bonds is 5. The normalized spacial score (nSPS) is 26.3. The Kier molecular flexibility index (Phi) is 7.07. The van der Waals surface area contributed by atoms with Crippen molar-refractivity contribution < 1.29 is 9.53 Å². The molecule has 6 heteroatoms. The van der Waals surface area contributed by atoms with Crippen molar-refractivity contribution in [2.75, 3.05) is 0 Å². The molecule has 0 radical (unpaired) electrons. The average Bonchev–Trinajstić information content (AvgIpc) is 2.94. The predicted octanol–water partition coefficient (Wildman–Crippen LogP) is 5.66. The van der Waals surface area contributed by atoms with E-state index in [9.17, 15) is 4.79 Å². The van der Waals surface area contributed by atoms with E-state index in [1.54, 1.807) is 0 Å². The molecule has 2 aromatic rings. The van der Waals surface area contributed by atoms with Gasteiger partial charge >= 0.3 is 5.97 Å². The van der Waals surface area contributed by atoms with E-state index in [0.29, 0.717) is 16.0 Å². The van der Waals surface area contributed by atoms with E-state index >= 15 is 0 Å². The molecule has 0 saturated carbocycles. The molecule has 0 spiro atoms. The highest BCUT2D eigenvalue weighted by Crippen LogP contribution is 2.47. The van der Waals surface area contributed by atoms with Crippen molar-refractivity contribution in [2.45, 2.75) is 70.2 Å². The summed E-state index contributed by atoms with van der Waals surface area (Å²) in [5.74, 6) is -0.302. The Morgan fingerprint density at radius 2 is 1.77 bits per heavy atom. The highest BCUT2D eigenvalue weighted by molar-refractivity contribution is 6.30. The topological polar surface area (TPSA) is 64.3 Å². The minimum Gasteiger partial charge on any atom is -0.459 e. The molecule has 1 fully saturated rings. The number of nitrogens with two attached hydrogens (primary N) is 1. The van der Waals surface area contributed by atoms with Crippen LogP contribution in [0.2, 0.25) is 10.0 Å². The van der Waals surface area contributed by atoms with Crippen molar-refractivity contribution in [1.29, 1.82) is 0 Å². The van der Waals surface area contributed by atoms with Crippen molar-refractivity contribution in [1.82, 2.24) is 5.32 Å². The zero-order chi connectivity index (χ0) is 23.0. The largest absolute Gasteiger partial charge is 0.459 e. The first kappa shape index (κ1) is 24.1. The fourth-order valence-corrected chi connectivity index (χ4v) is 4.86. The SMILES string of the molecule is CC(C)C[C@@H]1N[C@@H](C(=O)OC(C)(C)C)[C@H](c2cccc(Cl)c2)[C@@]1(N)c1ccc(Cl)cc1. The van der Waals surface area contributed by atoms with E-state index in [2.05, 4.69) is 19.2 Å². The molecule has 0 amide bonds. The van der Waals surface area contributed by atoms with Crippen LogP contribution < -0.4 is 11.1 Å². The van der Waals surface area contributed by atoms with Gasteiger partial charge in [-0.15, -0.1) is 0 Å². The monoisotopic (exact) mass is 462 g/mol. The lowest BCUT2D eigenvalue weighted by atomic mass is 9.70. The molecule has 0 aliphatic carbocycles. The molecule has 3 N–H and O–H groups in total. The molecule has 3 rings (SSSR count). The minimum atomic E-state index is -0.860. The van der Waals surface area contributed by atoms with Crippen LogP contribution in [-0.2, 0) is 15.1 Å². The minimum absolute atomic E-state index is 0.143. The summed E-state index contributed by atoms with van der Waals surface area (Å²) in [6.07, 6.45) is 0.801. The van der Waals surface area contributed by atoms with Crippen LogP contribution in [0.4, 0.5) is 0 Å². The summed E-state index contributed by atoms with van der Waals surface area (Å²) in [5.41, 5.74) is 7.64. The zero-order valence-electron chi connectivity index (χ0n) is 18.8. The summed E-state index contributed by atoms with van der Waals surface area (Å²) >= 11 is 12.5. The number of hydrogen-bond acceptors (Lipinski definition) is 4. The Bertz CT molecular complexity index is 924. The van der Waals surface area contributed by atoms with E-state index in [-0.39, 0.29) is 17.9 Å². The van der Waals surface area contributed by atoms with Gasteiger partial charge in [-0.2, -0.15) is 0 Å². The molecule has 4 nitrogen and oxygen atoms in total. The standard InChI is InChI=1S/C25H32Cl2N2O2/c1-15(2)13-20-25(28,17-9-11-18(26)12-10-17)21(16-7-6-8-19(27)14-16)22(29-20)23(30)31-24(3,4)5/h6-12,14-15,20-22,29H,13,28H2,1-5H3/t20-,21-,22+,25+/m0/s1. The van der Waals surface area contributed by atoms with Crippen molar-refractivity contribution >= 4 is 29.2 Å². The van der Waals surface area contributed by atoms with E-state index in [0.717, 1.165) is 17.5 Å². The second-order valence-electron chi connectivity index (χ2n) is 9.83. The maximum absolute atomic E-state index is 13.3. The Morgan fingerprint density at radius 3 is 2.32 bits per heavy atom. The van der Waals surface area contributed by atoms with Gasteiger partial charge in [0.15, 0.2) is 0 Å². The second-order valence-corrected chi connectivity index (χ2v) is 10.7. The predicted molar refractivity (Wildman–Crippen MR) is 128 cm³/mol. The van der Waals surface area contributed by atoms with Gasteiger partial charge in [-0.05, 0) is 68.5 Å². The Morgan fingerprint density at radius 1 is 1.13 bits per heavy atom. The summed E-state index contributed by atoms with van der Waals surface area (Å²) in [6, 6.07) is 14.4. The maximum Gasteiger partial charge on any atom is 0.324 e. The van der Waals surface area contributed by atoms with Crippen LogP contribution in [0.1, 0.15) is 58.1 Å². The maximum atomic E-state index is 13.3. The third-order valence-corrected chi connectivity index (χ3v) is 6.21. The van der Waals surface area contributed by atoms with Gasteiger partial charge in [0.05, 0.1) is 5.54 Å². The Balaban J connectivity index is 2.18. The average molecular weight is 463 g/mol. The molecule has 1 saturated heterocycles. The number of ether oxygens (including phenoxy) is 1. The molecule has 2 aromatic carbocycles. The second kappa shape index (κ2) is 9.11. The van der Waals surface area contributed by atoms with Crippen LogP contribution in [0.15, 0.2) is 48.5 Å². The molecule has 0 aromatic heterocycles. The van der Waals surface area contributed by atoms with Crippen LogP contribution >= 0.6 is 23.2 Å². The van der Waals surface area contributed by atoms with Gasteiger partial charge in [-0.1, -0.05) is 61.3 Å². The number of benzene rings is 2. The van der Waals surface area contributed by atoms with E-state index in [4.69, 9.17) is 33.7 Å². The van der Waals surface area contributed by atoms with Crippen LogP contribution in [0.25, 0.3) is 0 Å². The highest BCUT2D eigenvalue weighted by atomic mass is 35.5. The lowest BCUT2D eigenvalue weighted by Crippen LogP contribution is -2.51. The first-order chi connectivity index (χ1) is 14.4. The fraction of sp³-hybridized carbons (Fsp3) is 0.480. The van der Waals surface area contributed by atoms with Crippen molar-refractivity contribution in [2.24, 2.45) is 11.7 Å². The number of carbonyl (C=O) groups is 1. The smallest absolute Gasteiger partial charge is 0.324 e. The summed E-state index contributed by atoms with van der Waals surface area (Å²) in [6.45, 7) is 9.91. The number of carbonyl (C=O) groups excluding carboxylic acids is 1. The number of esters is 1. The first-order valence-corrected chi connectivity index (χ1v) is 11.5. The van der Waals surface area contributed by atoms with Crippen molar-refractivity contribution in [3.05, 3.63) is 69.7 Å². The number of halogens is 2. The molecule has 1 heterocycles. The Labute approximate surface area is 195 Å². The molecule has 168 valence electrons. The van der Waals surface area contributed by atoms with Gasteiger partial charge in [0.25, 0.3) is 0 Å². The van der Waals surface area contributed by atoms with Gasteiger partial charge < -0.3 is 10.5 Å². The molecule has 0 bridgehead atoms. The molecule has 1 aliphatic rings. The molecular weight excluding hydrogens is 431 g/mol. The van der Waals surface area contributed by atoms with E-state index < -0.39 is 17.2 Å². The van der Waals surface area contributed by atoms with Crippen LogP contribution in [0.5, 0.6) is 0 Å². The van der Waals surface area contributed by atoms with Crippen LogP contribution in [0.3, 0.4) is 0 Å². The fourth-order valence-electron chi connectivity index (χ4n) is 4.53. The third kappa shape index (κ3) is 5.25. The molecule has 4 atom stereocenters. The number of hydrogen-bond donors (Lipinski definition) is 2. The van der Waals surface area contributed by atoms with Gasteiger partial charge in [-0.25, -0.2) is 0 Å². The van der Waals surface area contributed by atoms with Gasteiger partial charge in [0.1, 0.15) is 11.6 Å². The highest BCUT2D eigenvalue weighted by Gasteiger charge is 2.57. The summed E-state index contributed by atoms with van der Waals surface area (Å²) < 4.78 is 5.79. The first-order valence-electron chi connectivity index (χ1n) is 10.7. The third-order valence-electron chi connectivity index (χ3n) is 5.73. The summed E-state index contributed by atoms with van der Waals surface area (Å²) in [7, 11) is 0. The Hall–Kier alpha value is -1.59. The molecule has 31 heavy (non-hydrogen) atoms. The summed E-state index contributed by atoms with van der Waals surface area (Å²) in [4.78, 5) is 13.3. The molecule has 1 aliphatic heterocycles. The zero-order valence-corrected chi connectivity index (χ0v) is 20.3. The number of nitrogens with one attached hydrogen (secondary N) is 1. The summed E-state index contributed by atoms with van der Waals surface area (Å²) in [5, 5.41) is 4.78. The van der Waals surface area contributed by atoms with Crippen LogP contribution in [0, 0.1) is 5.92 Å². The lowest BCUT2D eigenvalue weighted by Gasteiger charge is -2.38. The van der Waals surface area contributed by atoms with Crippen LogP contribution in [-0.4, -0.2) is 23.7 Å². The van der Waals surface area contributed by atoms with E-state index in [1.807, 2.05) is 69.3 Å². The van der Waals surface area contributed by atoms with Crippen molar-refractivity contribution in [3.8, 4) is 0 Å². The van der Waals surface area contributed by atoms with Gasteiger partial charge in [0, 0.05) is 22.0 Å². The van der Waals surface area contributed by atoms with Crippen molar-refractivity contribution in [3.63, 3.8) is 0 Å².